The molecule has 0 fully saturated rings. The van der Waals surface area contributed by atoms with E-state index in [1.165, 1.54) is 35.2 Å². The maximum Gasteiger partial charge on any atom is 0.254 e. The molecule has 206 valence electrons. The molecule has 0 spiro atoms. The van der Waals surface area contributed by atoms with Gasteiger partial charge in [0.05, 0.1) is 35.5 Å². The maximum atomic E-state index is 13.5. The van der Waals surface area contributed by atoms with E-state index in [0.717, 1.165) is 0 Å². The lowest BCUT2D eigenvalue weighted by atomic mass is 9.78. The van der Waals surface area contributed by atoms with Crippen molar-refractivity contribution in [2.24, 2.45) is 0 Å². The van der Waals surface area contributed by atoms with Crippen LogP contribution in [-0.2, 0) is 20.7 Å². The van der Waals surface area contributed by atoms with Crippen LogP contribution in [0, 0.1) is 11.3 Å². The Kier molecular flexibility index (Phi) is 9.89. The quantitative estimate of drug-likeness (QED) is 0.433. The van der Waals surface area contributed by atoms with Gasteiger partial charge in [-0.3, -0.25) is 4.79 Å². The SMILES string of the molecule is CC(C)(C)c1cc(C=C(CC#N)S(=O)(=O)c2ccc(C(=O)N(CCO)CCO)cc2)cc(C(C)(C)C)c1O. The summed E-state index contributed by atoms with van der Waals surface area (Å²) in [7, 11) is -4.08. The number of rotatable bonds is 9. The van der Waals surface area contributed by atoms with Gasteiger partial charge in [0.15, 0.2) is 0 Å². The van der Waals surface area contributed by atoms with Crippen molar-refractivity contribution < 1.29 is 28.5 Å². The Labute approximate surface area is 225 Å². The second-order valence-corrected chi connectivity index (χ2v) is 13.2. The van der Waals surface area contributed by atoms with Crippen molar-refractivity contribution in [3.05, 3.63) is 63.6 Å². The molecule has 0 aliphatic rings. The van der Waals surface area contributed by atoms with Crippen molar-refractivity contribution in [1.82, 2.24) is 4.90 Å². The molecule has 2 aromatic rings. The van der Waals surface area contributed by atoms with Gasteiger partial charge < -0.3 is 20.2 Å². The average Bonchev–Trinajstić information content (AvgIpc) is 2.82. The summed E-state index contributed by atoms with van der Waals surface area (Å²) in [5, 5.41) is 38.8. The zero-order chi connectivity index (χ0) is 28.9. The number of carbonyl (C=O) groups is 1. The fourth-order valence-corrected chi connectivity index (χ4v) is 5.38. The number of sulfone groups is 1. The number of aliphatic hydroxyl groups is 2. The Balaban J connectivity index is 2.60. The molecule has 0 saturated heterocycles. The first-order valence-corrected chi connectivity index (χ1v) is 13.9. The number of aromatic hydroxyl groups is 1. The summed E-state index contributed by atoms with van der Waals surface area (Å²) in [5.41, 5.74) is 1.28. The molecular formula is C29H38N2O6S. The largest absolute Gasteiger partial charge is 0.507 e. The van der Waals surface area contributed by atoms with Crippen LogP contribution >= 0.6 is 0 Å². The fourth-order valence-electron chi connectivity index (χ4n) is 4.04. The van der Waals surface area contributed by atoms with E-state index < -0.39 is 26.6 Å². The zero-order valence-electron chi connectivity index (χ0n) is 22.9. The third-order valence-electron chi connectivity index (χ3n) is 6.11. The van der Waals surface area contributed by atoms with Crippen molar-refractivity contribution >= 4 is 21.8 Å². The van der Waals surface area contributed by atoms with E-state index in [0.29, 0.717) is 16.7 Å². The third kappa shape index (κ3) is 7.22. The Hall–Kier alpha value is -3.19. The van der Waals surface area contributed by atoms with E-state index >= 15 is 0 Å². The molecule has 2 aromatic carbocycles. The van der Waals surface area contributed by atoms with Crippen LogP contribution in [0.15, 0.2) is 46.2 Å². The highest BCUT2D eigenvalue weighted by Gasteiger charge is 2.27. The standard InChI is InChI=1S/C29H38N2O6S/c1-28(2,3)24-18-20(19-25(26(24)34)29(4,5)6)17-23(11-12-30)38(36,37)22-9-7-21(8-10-22)27(35)31(13-15-32)14-16-33/h7-10,17-19,32-34H,11,13-16H2,1-6H3. The summed E-state index contributed by atoms with van der Waals surface area (Å²) in [4.78, 5) is 13.8. The van der Waals surface area contributed by atoms with Crippen LogP contribution in [-0.4, -0.2) is 60.8 Å². The van der Waals surface area contributed by atoms with Crippen molar-refractivity contribution in [2.75, 3.05) is 26.3 Å². The number of phenols is 1. The summed E-state index contributed by atoms with van der Waals surface area (Å²) >= 11 is 0. The number of hydrogen-bond acceptors (Lipinski definition) is 7. The van der Waals surface area contributed by atoms with Crippen molar-refractivity contribution in [3.8, 4) is 11.8 Å². The summed E-state index contributed by atoms with van der Waals surface area (Å²) in [6.45, 7) is 11.3. The summed E-state index contributed by atoms with van der Waals surface area (Å²) in [5.74, 6) is -0.276. The van der Waals surface area contributed by atoms with Gasteiger partial charge in [-0.2, -0.15) is 5.26 Å². The molecule has 3 N–H and O–H groups in total. The van der Waals surface area contributed by atoms with E-state index in [1.54, 1.807) is 12.1 Å². The van der Waals surface area contributed by atoms with E-state index in [4.69, 9.17) is 0 Å². The van der Waals surface area contributed by atoms with E-state index in [2.05, 4.69) is 0 Å². The van der Waals surface area contributed by atoms with Gasteiger partial charge in [0.2, 0.25) is 9.84 Å². The Morgan fingerprint density at radius 1 is 0.947 bits per heavy atom. The van der Waals surface area contributed by atoms with Crippen LogP contribution in [0.2, 0.25) is 0 Å². The number of hydrogen-bond donors (Lipinski definition) is 3. The lowest BCUT2D eigenvalue weighted by molar-refractivity contribution is 0.0684. The third-order valence-corrected chi connectivity index (χ3v) is 7.96. The van der Waals surface area contributed by atoms with Crippen molar-refractivity contribution in [1.29, 1.82) is 5.26 Å². The Morgan fingerprint density at radius 3 is 1.82 bits per heavy atom. The molecule has 0 aliphatic heterocycles. The average molecular weight is 543 g/mol. The summed E-state index contributed by atoms with van der Waals surface area (Å²) in [6, 6.07) is 10.8. The molecule has 0 atom stereocenters. The number of benzene rings is 2. The number of aliphatic hydroxyl groups excluding tert-OH is 2. The summed E-state index contributed by atoms with van der Waals surface area (Å²) < 4.78 is 27.1. The van der Waals surface area contributed by atoms with Gasteiger partial charge in [-0.1, -0.05) is 41.5 Å². The first kappa shape index (κ1) is 31.0. The van der Waals surface area contributed by atoms with E-state index in [9.17, 15) is 33.8 Å². The first-order chi connectivity index (χ1) is 17.6. The van der Waals surface area contributed by atoms with Crippen molar-refractivity contribution in [2.45, 2.75) is 63.7 Å². The molecule has 0 saturated carbocycles. The van der Waals surface area contributed by atoms with Crippen LogP contribution in [0.5, 0.6) is 5.75 Å². The highest BCUT2D eigenvalue weighted by atomic mass is 32.2. The monoisotopic (exact) mass is 542 g/mol. The molecule has 0 bridgehead atoms. The van der Waals surface area contributed by atoms with Crippen LogP contribution in [0.3, 0.4) is 0 Å². The molecule has 1 amide bonds. The first-order valence-electron chi connectivity index (χ1n) is 12.4. The minimum atomic E-state index is -4.08. The number of nitrogens with zero attached hydrogens (tertiary/aromatic N) is 2. The molecule has 2 rings (SSSR count). The predicted molar refractivity (Wildman–Crippen MR) is 147 cm³/mol. The lowest BCUT2D eigenvalue weighted by Crippen LogP contribution is -2.35. The van der Waals surface area contributed by atoms with Gasteiger partial charge in [-0.15, -0.1) is 0 Å². The number of carbonyl (C=O) groups excluding carboxylic acids is 1. The summed E-state index contributed by atoms with van der Waals surface area (Å²) in [6.07, 6.45) is 1.10. The lowest BCUT2D eigenvalue weighted by Gasteiger charge is -2.28. The van der Waals surface area contributed by atoms with E-state index in [1.807, 2.05) is 47.6 Å². The minimum absolute atomic E-state index is 0.0359. The normalized spacial score (nSPS) is 12.8. The Bertz CT molecular complexity index is 1280. The smallest absolute Gasteiger partial charge is 0.254 e. The van der Waals surface area contributed by atoms with Crippen LogP contribution in [0.25, 0.3) is 6.08 Å². The number of phenolic OH excluding ortho intramolecular Hbond substituents is 1. The minimum Gasteiger partial charge on any atom is -0.507 e. The van der Waals surface area contributed by atoms with Gasteiger partial charge in [0, 0.05) is 29.8 Å². The predicted octanol–water partition coefficient (Wildman–Crippen LogP) is 4.14. The van der Waals surface area contributed by atoms with Crippen LogP contribution < -0.4 is 0 Å². The van der Waals surface area contributed by atoms with Crippen LogP contribution in [0.1, 0.15) is 75.0 Å². The molecular weight excluding hydrogens is 504 g/mol. The van der Waals surface area contributed by atoms with E-state index in [-0.39, 0.29) is 53.8 Å². The van der Waals surface area contributed by atoms with Gasteiger partial charge in [0.25, 0.3) is 5.91 Å². The molecule has 38 heavy (non-hydrogen) atoms. The molecule has 0 unspecified atom stereocenters. The van der Waals surface area contributed by atoms with Gasteiger partial charge in [0.1, 0.15) is 5.75 Å². The second kappa shape index (κ2) is 12.1. The molecule has 0 aliphatic carbocycles. The molecule has 0 heterocycles. The number of allylic oxidation sites excluding steroid dienone is 1. The van der Waals surface area contributed by atoms with Gasteiger partial charge in [-0.25, -0.2) is 8.42 Å². The van der Waals surface area contributed by atoms with Crippen LogP contribution in [0.4, 0.5) is 0 Å². The highest BCUT2D eigenvalue weighted by molar-refractivity contribution is 7.95. The molecule has 0 radical (unpaired) electrons. The second-order valence-electron chi connectivity index (χ2n) is 11.2. The maximum absolute atomic E-state index is 13.5. The zero-order valence-corrected chi connectivity index (χ0v) is 23.8. The molecule has 0 aromatic heterocycles. The Morgan fingerprint density at radius 2 is 1.42 bits per heavy atom. The topological polar surface area (TPSA) is 139 Å². The molecule has 8 nitrogen and oxygen atoms in total. The number of amides is 1. The van der Waals surface area contributed by atoms with Gasteiger partial charge in [-0.05, 0) is 58.9 Å². The molecule has 9 heteroatoms. The van der Waals surface area contributed by atoms with Crippen molar-refractivity contribution in [3.63, 3.8) is 0 Å². The van der Waals surface area contributed by atoms with Gasteiger partial charge >= 0.3 is 0 Å². The highest BCUT2D eigenvalue weighted by Crippen LogP contribution is 2.40. The fraction of sp³-hybridized carbons (Fsp3) is 0.448. The number of nitriles is 1.